The first kappa shape index (κ1) is 37.8. The number of aliphatic carboxylic acids is 1. The molecule has 3 aromatic rings. The molecule has 0 fully saturated rings. The van der Waals surface area contributed by atoms with Crippen LogP contribution < -0.4 is 51.7 Å². The maximum atomic E-state index is 13.6. The predicted molar refractivity (Wildman–Crippen MR) is 182 cm³/mol. The fourth-order valence-electron chi connectivity index (χ4n) is 4.68. The van der Waals surface area contributed by atoms with Crippen molar-refractivity contribution in [1.29, 1.82) is 5.41 Å². The first-order valence-corrected chi connectivity index (χ1v) is 15.6. The van der Waals surface area contributed by atoms with E-state index in [9.17, 15) is 19.2 Å². The number of hydrogen-bond acceptors (Lipinski definition) is 12. The van der Waals surface area contributed by atoms with Gasteiger partial charge in [-0.1, -0.05) is 6.07 Å². The summed E-state index contributed by atoms with van der Waals surface area (Å²) in [6.07, 6.45) is -0.149. The number of amides is 3. The van der Waals surface area contributed by atoms with Gasteiger partial charge in [0.25, 0.3) is 0 Å². The molecule has 0 aliphatic heterocycles. The lowest BCUT2D eigenvalue weighted by Crippen LogP contribution is -2.50. The Kier molecular flexibility index (Phi) is 13.9. The molecule has 0 unspecified atom stereocenters. The summed E-state index contributed by atoms with van der Waals surface area (Å²) >= 11 is 1.23. The van der Waals surface area contributed by atoms with E-state index in [1.807, 2.05) is 11.4 Å². The molecule has 0 saturated carbocycles. The Morgan fingerprint density at radius 2 is 1.61 bits per heavy atom. The zero-order valence-corrected chi connectivity index (χ0v) is 28.2. The molecule has 17 nitrogen and oxygen atoms in total. The van der Waals surface area contributed by atoms with E-state index >= 15 is 0 Å². The minimum Gasteiger partial charge on any atom is -0.495 e. The number of aromatic nitrogens is 1. The fraction of sp³-hybridized carbons (Fsp3) is 0.355. The van der Waals surface area contributed by atoms with E-state index < -0.39 is 48.7 Å². The van der Waals surface area contributed by atoms with Crippen molar-refractivity contribution in [2.45, 2.75) is 31.3 Å². The summed E-state index contributed by atoms with van der Waals surface area (Å²) in [5.41, 5.74) is 14.0. The Morgan fingerprint density at radius 1 is 0.939 bits per heavy atom. The molecule has 0 saturated heterocycles. The summed E-state index contributed by atoms with van der Waals surface area (Å²) < 4.78 is 26.6. The lowest BCUT2D eigenvalue weighted by atomic mass is 10.0. The summed E-state index contributed by atoms with van der Waals surface area (Å²) in [6.45, 7) is -0.293. The fourth-order valence-corrected chi connectivity index (χ4v) is 5.40. The molecule has 264 valence electrons. The highest BCUT2D eigenvalue weighted by Crippen LogP contribution is 2.44. The number of carboxylic acids is 1. The van der Waals surface area contributed by atoms with Crippen LogP contribution >= 0.6 is 11.5 Å². The van der Waals surface area contributed by atoms with Gasteiger partial charge < -0.3 is 56.8 Å². The molecule has 2 atom stereocenters. The number of methoxy groups -OCH3 is 4. The second kappa shape index (κ2) is 18.1. The number of nitrogens with two attached hydrogens (primary N) is 2. The van der Waals surface area contributed by atoms with Gasteiger partial charge in [-0.25, -0.2) is 0 Å². The number of hydrogen-bond donors (Lipinski definition) is 8. The number of nitrogens with zero attached hydrogens (tertiary/aromatic N) is 1. The maximum Gasteiger partial charge on any atom is 0.305 e. The SMILES string of the molecule is COc1ccc(-c2csnc2-c2cc(OC)c(OC)c(OC)c2)cc1NC(=O)[C@@H](CCCNC(=N)N)NC(=O)CNC(=O)[C@H](N)CC(=O)O. The van der Waals surface area contributed by atoms with Gasteiger partial charge in [-0.15, -0.1) is 0 Å². The summed E-state index contributed by atoms with van der Waals surface area (Å²) in [4.78, 5) is 49.3. The van der Waals surface area contributed by atoms with Gasteiger partial charge in [0.05, 0.1) is 58.8 Å². The Bertz CT molecular complexity index is 1640. The van der Waals surface area contributed by atoms with Crippen molar-refractivity contribution in [3.8, 4) is 45.4 Å². The van der Waals surface area contributed by atoms with Crippen LogP contribution in [0, 0.1) is 5.41 Å². The van der Waals surface area contributed by atoms with Crippen molar-refractivity contribution < 1.29 is 43.2 Å². The van der Waals surface area contributed by atoms with Crippen molar-refractivity contribution in [3.05, 3.63) is 35.7 Å². The van der Waals surface area contributed by atoms with Crippen molar-refractivity contribution >= 4 is 46.9 Å². The largest absolute Gasteiger partial charge is 0.495 e. The Hall–Kier alpha value is -5.62. The number of carboxylic acid groups (broad SMARTS) is 1. The summed E-state index contributed by atoms with van der Waals surface area (Å²) in [7, 11) is 6.00. The van der Waals surface area contributed by atoms with Crippen LogP contribution in [-0.4, -0.2) is 92.7 Å². The van der Waals surface area contributed by atoms with Crippen LogP contribution in [0.4, 0.5) is 5.69 Å². The molecule has 3 amide bonds. The van der Waals surface area contributed by atoms with E-state index in [4.69, 9.17) is 40.9 Å². The van der Waals surface area contributed by atoms with Crippen molar-refractivity contribution in [2.24, 2.45) is 11.5 Å². The molecule has 0 aliphatic carbocycles. The van der Waals surface area contributed by atoms with E-state index in [2.05, 4.69) is 25.6 Å². The minimum atomic E-state index is -1.35. The lowest BCUT2D eigenvalue weighted by molar-refractivity contribution is -0.139. The zero-order chi connectivity index (χ0) is 36.1. The topological polar surface area (TPSA) is 262 Å². The molecular formula is C31H40N8O9S. The Morgan fingerprint density at radius 3 is 2.20 bits per heavy atom. The monoisotopic (exact) mass is 700 g/mol. The van der Waals surface area contributed by atoms with E-state index in [-0.39, 0.29) is 18.9 Å². The highest BCUT2D eigenvalue weighted by atomic mass is 32.1. The second-order valence-electron chi connectivity index (χ2n) is 10.4. The third-order valence-electron chi connectivity index (χ3n) is 7.07. The molecule has 1 heterocycles. The number of anilines is 1. The number of carbonyl (C=O) groups is 4. The van der Waals surface area contributed by atoms with Gasteiger partial charge in [0.2, 0.25) is 23.5 Å². The number of rotatable bonds is 18. The van der Waals surface area contributed by atoms with Gasteiger partial charge in [-0.3, -0.25) is 24.6 Å². The molecule has 49 heavy (non-hydrogen) atoms. The van der Waals surface area contributed by atoms with Crippen LogP contribution in [0.5, 0.6) is 23.0 Å². The summed E-state index contributed by atoms with van der Waals surface area (Å²) in [6, 6.07) is 6.32. The van der Waals surface area contributed by atoms with E-state index in [0.29, 0.717) is 51.9 Å². The smallest absolute Gasteiger partial charge is 0.305 e. The van der Waals surface area contributed by atoms with Gasteiger partial charge in [-0.05, 0) is 54.2 Å². The average molecular weight is 701 g/mol. The average Bonchev–Trinajstić information content (AvgIpc) is 3.57. The molecule has 0 aliphatic rings. The second-order valence-corrected chi connectivity index (χ2v) is 11.0. The van der Waals surface area contributed by atoms with Gasteiger partial charge in [0.1, 0.15) is 11.8 Å². The van der Waals surface area contributed by atoms with Crippen LogP contribution in [-0.2, 0) is 19.2 Å². The summed E-state index contributed by atoms with van der Waals surface area (Å²) in [5, 5.41) is 28.4. The number of guanidine groups is 1. The van der Waals surface area contributed by atoms with Crippen molar-refractivity contribution in [1.82, 2.24) is 20.3 Å². The van der Waals surface area contributed by atoms with Gasteiger partial charge in [0.15, 0.2) is 17.5 Å². The number of nitrogens with one attached hydrogen (secondary N) is 5. The standard InChI is InChI=1S/C31H40N8O9S/c1-45-22-8-7-16(18-15-49-39-27(18)17-11-23(46-2)28(48-4)24(12-17)47-3)10-21(22)38-30(44)20(6-5-9-35-31(33)34)37-25(40)14-36-29(43)19(32)13-26(41)42/h7-8,10-12,15,19-20H,5-6,9,13-14,32H2,1-4H3,(H,36,43)(H,37,40)(H,38,44)(H,41,42)(H4,33,34,35)/t19-,20-/m1/s1. The van der Waals surface area contributed by atoms with Crippen molar-refractivity contribution in [2.75, 3.05) is 46.8 Å². The molecule has 0 bridgehead atoms. The van der Waals surface area contributed by atoms with Gasteiger partial charge in [-0.2, -0.15) is 4.37 Å². The number of carbonyl (C=O) groups excluding carboxylic acids is 3. The quantitative estimate of drug-likeness (QED) is 0.0526. The van der Waals surface area contributed by atoms with Crippen LogP contribution in [0.1, 0.15) is 19.3 Å². The molecule has 18 heteroatoms. The Labute approximate surface area is 286 Å². The lowest BCUT2D eigenvalue weighted by Gasteiger charge is -2.20. The van der Waals surface area contributed by atoms with E-state index in [0.717, 1.165) is 5.56 Å². The van der Waals surface area contributed by atoms with E-state index in [1.54, 1.807) is 24.3 Å². The van der Waals surface area contributed by atoms with Gasteiger partial charge >= 0.3 is 5.97 Å². The highest BCUT2D eigenvalue weighted by molar-refractivity contribution is 7.04. The molecule has 0 radical (unpaired) electrons. The molecule has 10 N–H and O–H groups in total. The number of ether oxygens (including phenoxy) is 4. The first-order chi connectivity index (χ1) is 23.4. The summed E-state index contributed by atoms with van der Waals surface area (Å²) in [5.74, 6) is -1.97. The first-order valence-electron chi connectivity index (χ1n) is 14.8. The predicted octanol–water partition coefficient (Wildman–Crippen LogP) is 1.12. The molecule has 0 spiro atoms. The van der Waals surface area contributed by atoms with Crippen LogP contribution in [0.15, 0.2) is 35.7 Å². The minimum absolute atomic E-state index is 0.131. The van der Waals surface area contributed by atoms with E-state index in [1.165, 1.54) is 40.0 Å². The maximum absolute atomic E-state index is 13.6. The Balaban J connectivity index is 1.87. The molecule has 3 rings (SSSR count). The van der Waals surface area contributed by atoms with Gasteiger partial charge in [0, 0.05) is 23.1 Å². The van der Waals surface area contributed by atoms with Crippen LogP contribution in [0.2, 0.25) is 0 Å². The third kappa shape index (κ3) is 10.4. The molecule has 2 aromatic carbocycles. The zero-order valence-electron chi connectivity index (χ0n) is 27.4. The third-order valence-corrected chi connectivity index (χ3v) is 7.70. The molecule has 1 aromatic heterocycles. The van der Waals surface area contributed by atoms with Crippen LogP contribution in [0.3, 0.4) is 0 Å². The van der Waals surface area contributed by atoms with Crippen molar-refractivity contribution in [3.63, 3.8) is 0 Å². The highest BCUT2D eigenvalue weighted by Gasteiger charge is 2.24. The normalized spacial score (nSPS) is 11.8. The number of benzene rings is 2. The van der Waals surface area contributed by atoms with Crippen LogP contribution in [0.25, 0.3) is 22.4 Å². The molecular weight excluding hydrogens is 660 g/mol.